The van der Waals surface area contributed by atoms with Gasteiger partial charge < -0.3 is 5.11 Å². The normalized spacial score (nSPS) is 20.8. The molecular formula is C20H33NO. The Morgan fingerprint density at radius 3 is 2.14 bits per heavy atom. The van der Waals surface area contributed by atoms with Gasteiger partial charge in [0.15, 0.2) is 0 Å². The van der Waals surface area contributed by atoms with E-state index in [-0.39, 0.29) is 6.04 Å². The second-order valence-corrected chi connectivity index (χ2v) is 6.67. The van der Waals surface area contributed by atoms with Crippen LogP contribution in [0.15, 0.2) is 30.3 Å². The van der Waals surface area contributed by atoms with Crippen molar-refractivity contribution in [3.63, 3.8) is 0 Å². The zero-order valence-corrected chi connectivity index (χ0v) is 14.6. The first kappa shape index (κ1) is 17.5. The smallest absolute Gasteiger partial charge is 0.108 e. The quantitative estimate of drug-likeness (QED) is 0.797. The summed E-state index contributed by atoms with van der Waals surface area (Å²) >= 11 is 0. The van der Waals surface area contributed by atoms with Crippen LogP contribution in [0.1, 0.15) is 64.9 Å². The molecule has 2 rings (SSSR count). The Balaban J connectivity index is 2.43. The summed E-state index contributed by atoms with van der Waals surface area (Å²) in [5.41, 5.74) is 0.392. The monoisotopic (exact) mass is 303 g/mol. The molecule has 1 aromatic carbocycles. The summed E-state index contributed by atoms with van der Waals surface area (Å²) in [6.07, 6.45) is 7.14. The van der Waals surface area contributed by atoms with Gasteiger partial charge in [-0.05, 0) is 43.8 Å². The van der Waals surface area contributed by atoms with Gasteiger partial charge in [0.1, 0.15) is 5.60 Å². The summed E-state index contributed by atoms with van der Waals surface area (Å²) < 4.78 is 0. The lowest BCUT2D eigenvalue weighted by Crippen LogP contribution is -2.54. The van der Waals surface area contributed by atoms with Crippen molar-refractivity contribution in [2.45, 2.75) is 70.9 Å². The van der Waals surface area contributed by atoms with Crippen LogP contribution in [-0.2, 0) is 5.60 Å². The molecule has 22 heavy (non-hydrogen) atoms. The van der Waals surface area contributed by atoms with Crippen molar-refractivity contribution in [3.8, 4) is 0 Å². The lowest BCUT2D eigenvalue weighted by Gasteiger charge is -2.48. The Labute approximate surface area is 136 Å². The van der Waals surface area contributed by atoms with E-state index in [1.807, 2.05) is 6.07 Å². The van der Waals surface area contributed by atoms with Crippen molar-refractivity contribution < 1.29 is 5.11 Å². The third-order valence-electron chi connectivity index (χ3n) is 5.61. The van der Waals surface area contributed by atoms with Crippen LogP contribution in [0, 0.1) is 5.92 Å². The number of rotatable bonds is 7. The first-order valence-corrected chi connectivity index (χ1v) is 9.20. The predicted octanol–water partition coefficient (Wildman–Crippen LogP) is 4.57. The summed E-state index contributed by atoms with van der Waals surface area (Å²) in [4.78, 5) is 2.45. The minimum absolute atomic E-state index is 0.202. The molecule has 2 unspecified atom stereocenters. The fourth-order valence-corrected chi connectivity index (χ4v) is 4.46. The molecule has 0 amide bonds. The van der Waals surface area contributed by atoms with Gasteiger partial charge in [-0.2, -0.15) is 0 Å². The highest BCUT2D eigenvalue weighted by molar-refractivity contribution is 5.26. The van der Waals surface area contributed by atoms with Gasteiger partial charge in [0, 0.05) is 6.04 Å². The predicted molar refractivity (Wildman–Crippen MR) is 93.9 cm³/mol. The fraction of sp³-hybridized carbons (Fsp3) is 0.700. The van der Waals surface area contributed by atoms with Gasteiger partial charge in [-0.25, -0.2) is 0 Å². The molecule has 2 heteroatoms. The van der Waals surface area contributed by atoms with E-state index in [1.54, 1.807) is 0 Å². The van der Waals surface area contributed by atoms with E-state index in [0.29, 0.717) is 5.92 Å². The molecule has 0 saturated heterocycles. The molecule has 0 radical (unpaired) electrons. The van der Waals surface area contributed by atoms with Crippen LogP contribution in [-0.4, -0.2) is 29.1 Å². The summed E-state index contributed by atoms with van der Waals surface area (Å²) in [5.74, 6) is 0.384. The molecule has 124 valence electrons. The van der Waals surface area contributed by atoms with Crippen LogP contribution < -0.4 is 0 Å². The Morgan fingerprint density at radius 1 is 1.05 bits per heavy atom. The van der Waals surface area contributed by atoms with Crippen LogP contribution in [0.25, 0.3) is 0 Å². The highest BCUT2D eigenvalue weighted by Crippen LogP contribution is 2.44. The van der Waals surface area contributed by atoms with Crippen molar-refractivity contribution >= 4 is 0 Å². The molecule has 1 aliphatic rings. The molecule has 1 saturated carbocycles. The maximum atomic E-state index is 12.0. The summed E-state index contributed by atoms with van der Waals surface area (Å²) in [6, 6.07) is 10.6. The Kier molecular flexibility index (Phi) is 6.46. The maximum Gasteiger partial charge on any atom is 0.108 e. The Morgan fingerprint density at radius 2 is 1.64 bits per heavy atom. The summed E-state index contributed by atoms with van der Waals surface area (Å²) in [6.45, 7) is 8.63. The minimum atomic E-state index is -0.720. The second kappa shape index (κ2) is 8.12. The van der Waals surface area contributed by atoms with Gasteiger partial charge in [0.05, 0.1) is 0 Å². The fourth-order valence-electron chi connectivity index (χ4n) is 4.46. The van der Waals surface area contributed by atoms with Gasteiger partial charge in [-0.1, -0.05) is 70.4 Å². The molecule has 1 N–H and O–H groups in total. The van der Waals surface area contributed by atoms with Gasteiger partial charge in [0.25, 0.3) is 0 Å². The van der Waals surface area contributed by atoms with E-state index in [9.17, 15) is 5.11 Å². The van der Waals surface area contributed by atoms with Crippen molar-refractivity contribution in [1.82, 2.24) is 4.90 Å². The standard InChI is InChI=1S/C20H33NO/c1-4-19(21(5-2)6-3)20(22,17-13-9-7-10-14-17)18-15-11-8-12-16-18/h7,9-10,13-14,18-19,22H,4-6,8,11-12,15-16H2,1-3H3. The van der Waals surface area contributed by atoms with E-state index >= 15 is 0 Å². The highest BCUT2D eigenvalue weighted by Gasteiger charge is 2.46. The average molecular weight is 303 g/mol. The first-order valence-electron chi connectivity index (χ1n) is 9.20. The van der Waals surface area contributed by atoms with Gasteiger partial charge in [-0.15, -0.1) is 0 Å². The zero-order chi connectivity index (χ0) is 16.0. The minimum Gasteiger partial charge on any atom is -0.383 e. The van der Waals surface area contributed by atoms with Crippen LogP contribution in [0.3, 0.4) is 0 Å². The Hall–Kier alpha value is -0.860. The molecule has 1 aromatic rings. The van der Waals surface area contributed by atoms with E-state index in [0.717, 1.165) is 37.9 Å². The average Bonchev–Trinajstić information content (AvgIpc) is 2.60. The van der Waals surface area contributed by atoms with Crippen molar-refractivity contribution in [3.05, 3.63) is 35.9 Å². The molecular weight excluding hydrogens is 270 g/mol. The number of nitrogens with zero attached hydrogens (tertiary/aromatic N) is 1. The SMILES string of the molecule is CCC(N(CC)CC)C(O)(c1ccccc1)C1CCCCC1. The lowest BCUT2D eigenvalue weighted by atomic mass is 9.68. The van der Waals surface area contributed by atoms with Gasteiger partial charge in [-0.3, -0.25) is 4.90 Å². The van der Waals surface area contributed by atoms with E-state index in [2.05, 4.69) is 49.9 Å². The molecule has 0 aromatic heterocycles. The van der Waals surface area contributed by atoms with Crippen LogP contribution in [0.4, 0.5) is 0 Å². The number of likely N-dealkylation sites (N-methyl/N-ethyl adjacent to an activating group) is 1. The van der Waals surface area contributed by atoms with Crippen molar-refractivity contribution in [1.29, 1.82) is 0 Å². The molecule has 0 heterocycles. The molecule has 1 fully saturated rings. The van der Waals surface area contributed by atoms with E-state index in [1.165, 1.54) is 19.3 Å². The van der Waals surface area contributed by atoms with E-state index in [4.69, 9.17) is 0 Å². The first-order chi connectivity index (χ1) is 10.7. The van der Waals surface area contributed by atoms with E-state index < -0.39 is 5.60 Å². The van der Waals surface area contributed by atoms with Crippen LogP contribution in [0.5, 0.6) is 0 Å². The molecule has 1 aliphatic carbocycles. The molecule has 0 bridgehead atoms. The third kappa shape index (κ3) is 3.38. The lowest BCUT2D eigenvalue weighted by molar-refractivity contribution is -0.106. The number of aliphatic hydroxyl groups is 1. The molecule has 2 nitrogen and oxygen atoms in total. The molecule has 0 spiro atoms. The van der Waals surface area contributed by atoms with Crippen LogP contribution >= 0.6 is 0 Å². The zero-order valence-electron chi connectivity index (χ0n) is 14.6. The molecule has 2 atom stereocenters. The highest BCUT2D eigenvalue weighted by atomic mass is 16.3. The van der Waals surface area contributed by atoms with Crippen molar-refractivity contribution in [2.24, 2.45) is 5.92 Å². The number of benzene rings is 1. The van der Waals surface area contributed by atoms with Gasteiger partial charge in [0.2, 0.25) is 0 Å². The van der Waals surface area contributed by atoms with Gasteiger partial charge >= 0.3 is 0 Å². The maximum absolute atomic E-state index is 12.0. The Bertz CT molecular complexity index is 423. The second-order valence-electron chi connectivity index (χ2n) is 6.67. The molecule has 0 aliphatic heterocycles. The third-order valence-corrected chi connectivity index (χ3v) is 5.61. The van der Waals surface area contributed by atoms with Crippen molar-refractivity contribution in [2.75, 3.05) is 13.1 Å². The number of hydrogen-bond donors (Lipinski definition) is 1. The topological polar surface area (TPSA) is 23.5 Å². The summed E-state index contributed by atoms with van der Waals surface area (Å²) in [5, 5.41) is 12.0. The largest absolute Gasteiger partial charge is 0.383 e. The van der Waals surface area contributed by atoms with Crippen LogP contribution in [0.2, 0.25) is 0 Å². The summed E-state index contributed by atoms with van der Waals surface area (Å²) in [7, 11) is 0. The number of hydrogen-bond acceptors (Lipinski definition) is 2.